The zero-order valence-corrected chi connectivity index (χ0v) is 15.4. The zero-order valence-electron chi connectivity index (χ0n) is 15.4. The molecule has 8 heteroatoms. The predicted molar refractivity (Wildman–Crippen MR) is 92.9 cm³/mol. The highest BCUT2D eigenvalue weighted by molar-refractivity contribution is 5.77. The Morgan fingerprint density at radius 3 is 2.46 bits per heavy atom. The average Bonchev–Trinajstić information content (AvgIpc) is 2.60. The average molecular weight is 368 g/mol. The van der Waals surface area contributed by atoms with Crippen LogP contribution < -0.4 is 14.8 Å². The van der Waals surface area contributed by atoms with E-state index in [4.69, 9.17) is 9.47 Å². The van der Waals surface area contributed by atoms with Gasteiger partial charge in [-0.3, -0.25) is 4.79 Å². The molecule has 1 aromatic carbocycles. The van der Waals surface area contributed by atoms with E-state index in [0.717, 1.165) is 0 Å². The molecule has 0 saturated carbocycles. The van der Waals surface area contributed by atoms with E-state index in [2.05, 4.69) is 5.32 Å². The molecule has 1 saturated heterocycles. The van der Waals surface area contributed by atoms with Crippen molar-refractivity contribution < 1.29 is 28.6 Å². The molecule has 26 heavy (non-hydrogen) atoms. The number of amides is 2. The molecule has 0 bridgehead atoms. The number of carboxylic acid groups (broad SMARTS) is 1. The number of piperidine rings is 1. The van der Waals surface area contributed by atoms with Gasteiger partial charge in [-0.05, 0) is 25.3 Å². The SMILES string of the molecule is COc1cc(F)c(C(C)NC(=O)N2CC(C)CC(C(=O)O)C2)cc1OC. The third kappa shape index (κ3) is 4.36. The minimum Gasteiger partial charge on any atom is -0.493 e. The van der Waals surface area contributed by atoms with Gasteiger partial charge in [0.2, 0.25) is 0 Å². The highest BCUT2D eigenvalue weighted by Crippen LogP contribution is 2.32. The van der Waals surface area contributed by atoms with Crippen LogP contribution in [-0.4, -0.2) is 49.3 Å². The molecule has 2 N–H and O–H groups in total. The number of carboxylic acids is 1. The molecule has 3 atom stereocenters. The first-order valence-electron chi connectivity index (χ1n) is 8.46. The van der Waals surface area contributed by atoms with E-state index in [9.17, 15) is 19.1 Å². The molecule has 2 rings (SSSR count). The summed E-state index contributed by atoms with van der Waals surface area (Å²) in [5.74, 6) is -1.30. The summed E-state index contributed by atoms with van der Waals surface area (Å²) in [7, 11) is 2.86. The second-order valence-corrected chi connectivity index (χ2v) is 6.68. The number of carbonyl (C=O) groups is 2. The highest BCUT2D eigenvalue weighted by atomic mass is 19.1. The van der Waals surface area contributed by atoms with Crippen LogP contribution in [0, 0.1) is 17.7 Å². The number of hydrogen-bond acceptors (Lipinski definition) is 4. The van der Waals surface area contributed by atoms with Crippen molar-refractivity contribution in [2.24, 2.45) is 11.8 Å². The summed E-state index contributed by atoms with van der Waals surface area (Å²) in [4.78, 5) is 25.3. The number of nitrogens with one attached hydrogen (secondary N) is 1. The number of benzene rings is 1. The van der Waals surface area contributed by atoms with E-state index in [0.29, 0.717) is 18.7 Å². The second kappa shape index (κ2) is 8.25. The van der Waals surface area contributed by atoms with Crippen molar-refractivity contribution in [3.05, 3.63) is 23.5 Å². The number of carbonyl (C=O) groups excluding carboxylic acids is 1. The Morgan fingerprint density at radius 2 is 1.88 bits per heavy atom. The summed E-state index contributed by atoms with van der Waals surface area (Å²) in [5, 5.41) is 12.0. The number of urea groups is 1. The quantitative estimate of drug-likeness (QED) is 0.834. The Labute approximate surface area is 152 Å². The summed E-state index contributed by atoms with van der Waals surface area (Å²) in [6.45, 7) is 4.18. The first-order valence-corrected chi connectivity index (χ1v) is 8.46. The molecule has 0 radical (unpaired) electrons. The molecule has 1 aliphatic rings. The van der Waals surface area contributed by atoms with Crippen LogP contribution in [0.3, 0.4) is 0 Å². The lowest BCUT2D eigenvalue weighted by atomic mass is 9.91. The number of halogens is 1. The van der Waals surface area contributed by atoms with Crippen molar-refractivity contribution in [3.63, 3.8) is 0 Å². The van der Waals surface area contributed by atoms with Crippen molar-refractivity contribution in [2.45, 2.75) is 26.3 Å². The van der Waals surface area contributed by atoms with Crippen LogP contribution in [0.25, 0.3) is 0 Å². The first kappa shape index (κ1) is 19.8. The lowest BCUT2D eigenvalue weighted by molar-refractivity contribution is -0.143. The number of nitrogens with zero attached hydrogens (tertiary/aromatic N) is 1. The van der Waals surface area contributed by atoms with Gasteiger partial charge in [0.25, 0.3) is 0 Å². The summed E-state index contributed by atoms with van der Waals surface area (Å²) >= 11 is 0. The molecule has 1 aromatic rings. The number of methoxy groups -OCH3 is 2. The number of aliphatic carboxylic acids is 1. The Bertz CT molecular complexity index is 682. The Hall–Kier alpha value is -2.51. The van der Waals surface area contributed by atoms with E-state index in [1.807, 2.05) is 6.92 Å². The van der Waals surface area contributed by atoms with E-state index in [-0.39, 0.29) is 23.8 Å². The lowest BCUT2D eigenvalue weighted by Crippen LogP contribution is -2.50. The van der Waals surface area contributed by atoms with Crippen LogP contribution in [0.4, 0.5) is 9.18 Å². The summed E-state index contributed by atoms with van der Waals surface area (Å²) in [6, 6.07) is 1.66. The number of hydrogen-bond donors (Lipinski definition) is 2. The largest absolute Gasteiger partial charge is 0.493 e. The maximum Gasteiger partial charge on any atom is 0.317 e. The molecular formula is C18H25FN2O5. The first-order chi connectivity index (χ1) is 12.3. The minimum atomic E-state index is -0.909. The molecule has 7 nitrogen and oxygen atoms in total. The number of ether oxygens (including phenoxy) is 2. The Kier molecular flexibility index (Phi) is 6.28. The Balaban J connectivity index is 2.12. The van der Waals surface area contributed by atoms with Crippen LogP contribution in [0.15, 0.2) is 12.1 Å². The van der Waals surface area contributed by atoms with Gasteiger partial charge in [0.1, 0.15) is 5.82 Å². The van der Waals surface area contributed by atoms with Crippen molar-refractivity contribution in [1.29, 1.82) is 0 Å². The topological polar surface area (TPSA) is 88.1 Å². The molecule has 0 aliphatic carbocycles. The lowest BCUT2D eigenvalue weighted by Gasteiger charge is -2.35. The summed E-state index contributed by atoms with van der Waals surface area (Å²) < 4.78 is 24.6. The third-order valence-electron chi connectivity index (χ3n) is 4.61. The fourth-order valence-corrected chi connectivity index (χ4v) is 3.25. The van der Waals surface area contributed by atoms with Gasteiger partial charge in [0.15, 0.2) is 11.5 Å². The fourth-order valence-electron chi connectivity index (χ4n) is 3.25. The van der Waals surface area contributed by atoms with Crippen LogP contribution in [0.1, 0.15) is 31.9 Å². The summed E-state index contributed by atoms with van der Waals surface area (Å²) in [6.07, 6.45) is 0.541. The van der Waals surface area contributed by atoms with E-state index in [1.54, 1.807) is 6.92 Å². The highest BCUT2D eigenvalue weighted by Gasteiger charge is 2.32. The molecule has 1 heterocycles. The molecule has 3 unspecified atom stereocenters. The van der Waals surface area contributed by atoms with Gasteiger partial charge in [-0.1, -0.05) is 6.92 Å². The number of likely N-dealkylation sites (tertiary alicyclic amines) is 1. The van der Waals surface area contributed by atoms with Crippen molar-refractivity contribution in [1.82, 2.24) is 10.2 Å². The second-order valence-electron chi connectivity index (χ2n) is 6.68. The molecule has 2 amide bonds. The zero-order chi connectivity index (χ0) is 19.4. The predicted octanol–water partition coefficient (Wildman–Crippen LogP) is 2.66. The molecule has 0 aromatic heterocycles. The van der Waals surface area contributed by atoms with Gasteiger partial charge in [-0.15, -0.1) is 0 Å². The van der Waals surface area contributed by atoms with Gasteiger partial charge in [0.05, 0.1) is 26.2 Å². The number of rotatable bonds is 5. The third-order valence-corrected chi connectivity index (χ3v) is 4.61. The van der Waals surface area contributed by atoms with Gasteiger partial charge in [0, 0.05) is 24.7 Å². The molecule has 144 valence electrons. The Morgan fingerprint density at radius 1 is 1.27 bits per heavy atom. The van der Waals surface area contributed by atoms with Crippen LogP contribution in [0.5, 0.6) is 11.5 Å². The van der Waals surface area contributed by atoms with Crippen molar-refractivity contribution >= 4 is 12.0 Å². The fraction of sp³-hybridized carbons (Fsp3) is 0.556. The summed E-state index contributed by atoms with van der Waals surface area (Å²) in [5.41, 5.74) is 0.260. The molecule has 1 fully saturated rings. The van der Waals surface area contributed by atoms with Crippen molar-refractivity contribution in [3.8, 4) is 11.5 Å². The molecule has 0 spiro atoms. The molecular weight excluding hydrogens is 343 g/mol. The van der Waals surface area contributed by atoms with Crippen molar-refractivity contribution in [2.75, 3.05) is 27.3 Å². The van der Waals surface area contributed by atoms with Crippen LogP contribution >= 0.6 is 0 Å². The van der Waals surface area contributed by atoms with Gasteiger partial charge < -0.3 is 24.8 Å². The van der Waals surface area contributed by atoms with E-state index in [1.165, 1.54) is 31.3 Å². The standard InChI is InChI=1S/C18H25FN2O5/c1-10-5-12(17(22)23)9-21(8-10)18(24)20-11(2)13-6-15(25-3)16(26-4)7-14(13)19/h6-7,10-12H,5,8-9H2,1-4H3,(H,20,24)(H,22,23). The minimum absolute atomic E-state index is 0.0868. The van der Waals surface area contributed by atoms with Gasteiger partial charge in [-0.25, -0.2) is 9.18 Å². The van der Waals surface area contributed by atoms with E-state index >= 15 is 0 Å². The molecule has 1 aliphatic heterocycles. The normalized spacial score (nSPS) is 21.0. The smallest absolute Gasteiger partial charge is 0.317 e. The maximum absolute atomic E-state index is 14.3. The maximum atomic E-state index is 14.3. The van der Waals surface area contributed by atoms with Crippen LogP contribution in [0.2, 0.25) is 0 Å². The van der Waals surface area contributed by atoms with Crippen LogP contribution in [-0.2, 0) is 4.79 Å². The van der Waals surface area contributed by atoms with Gasteiger partial charge in [-0.2, -0.15) is 0 Å². The van der Waals surface area contributed by atoms with E-state index < -0.39 is 29.8 Å². The van der Waals surface area contributed by atoms with Gasteiger partial charge >= 0.3 is 12.0 Å². The monoisotopic (exact) mass is 368 g/mol.